The standard InChI is InChI=1S/C13H12N4O2/c1-8-6-12(19)17-7-11(15-16-13(17)14-8)9-2-4-10(18)5-3-9/h2-7,15,18H,1H3,(H,14,16). The van der Waals surface area contributed by atoms with E-state index in [-0.39, 0.29) is 11.3 Å². The first-order valence-electron chi connectivity index (χ1n) is 5.77. The molecule has 0 spiro atoms. The second kappa shape index (κ2) is 4.16. The monoisotopic (exact) mass is 256 g/mol. The lowest BCUT2D eigenvalue weighted by Gasteiger charge is -2.21. The van der Waals surface area contributed by atoms with E-state index >= 15 is 0 Å². The van der Waals surface area contributed by atoms with Gasteiger partial charge in [-0.15, -0.1) is 0 Å². The summed E-state index contributed by atoms with van der Waals surface area (Å²) in [6, 6.07) is 8.16. The van der Waals surface area contributed by atoms with Gasteiger partial charge in [-0.25, -0.2) is 4.98 Å². The van der Waals surface area contributed by atoms with E-state index in [4.69, 9.17) is 0 Å². The number of aromatic nitrogens is 2. The van der Waals surface area contributed by atoms with Crippen LogP contribution in [0.2, 0.25) is 0 Å². The molecule has 6 heteroatoms. The van der Waals surface area contributed by atoms with Gasteiger partial charge in [-0.05, 0) is 31.2 Å². The second-order valence-corrected chi connectivity index (χ2v) is 4.27. The maximum absolute atomic E-state index is 11.9. The quantitative estimate of drug-likeness (QED) is 0.713. The molecule has 0 fully saturated rings. The number of hydrazine groups is 1. The summed E-state index contributed by atoms with van der Waals surface area (Å²) in [6.07, 6.45) is 1.67. The lowest BCUT2D eigenvalue weighted by molar-refractivity contribution is 0.475. The van der Waals surface area contributed by atoms with Gasteiger partial charge in [-0.3, -0.25) is 20.2 Å². The van der Waals surface area contributed by atoms with E-state index < -0.39 is 0 Å². The van der Waals surface area contributed by atoms with Gasteiger partial charge in [-0.1, -0.05) is 0 Å². The molecule has 0 bridgehead atoms. The number of phenolic OH excluding ortho intramolecular Hbond substituents is 1. The van der Waals surface area contributed by atoms with Crippen LogP contribution >= 0.6 is 0 Å². The van der Waals surface area contributed by atoms with E-state index in [0.717, 1.165) is 11.3 Å². The fraction of sp³-hybridized carbons (Fsp3) is 0.0769. The number of phenols is 1. The van der Waals surface area contributed by atoms with Crippen molar-refractivity contribution in [3.63, 3.8) is 0 Å². The smallest absolute Gasteiger partial charge is 0.259 e. The fourth-order valence-electron chi connectivity index (χ4n) is 1.89. The number of rotatable bonds is 1. The molecule has 0 amide bonds. The molecule has 6 nitrogen and oxygen atoms in total. The third-order valence-electron chi connectivity index (χ3n) is 2.83. The van der Waals surface area contributed by atoms with Gasteiger partial charge in [0.05, 0.1) is 5.70 Å². The Balaban J connectivity index is 2.09. The zero-order chi connectivity index (χ0) is 13.4. The van der Waals surface area contributed by atoms with E-state index in [2.05, 4.69) is 15.8 Å². The van der Waals surface area contributed by atoms with Crippen molar-refractivity contribution in [2.45, 2.75) is 6.92 Å². The first-order chi connectivity index (χ1) is 9.13. The molecule has 1 aromatic carbocycles. The molecular weight excluding hydrogens is 244 g/mol. The van der Waals surface area contributed by atoms with Gasteiger partial charge in [0.25, 0.3) is 5.56 Å². The van der Waals surface area contributed by atoms with Gasteiger partial charge in [0.2, 0.25) is 5.95 Å². The van der Waals surface area contributed by atoms with Crippen molar-refractivity contribution in [2.24, 2.45) is 0 Å². The first kappa shape index (κ1) is 11.3. The minimum Gasteiger partial charge on any atom is -0.508 e. The van der Waals surface area contributed by atoms with E-state index in [1.807, 2.05) is 0 Å². The Morgan fingerprint density at radius 2 is 1.95 bits per heavy atom. The summed E-state index contributed by atoms with van der Waals surface area (Å²) < 4.78 is 1.44. The zero-order valence-corrected chi connectivity index (χ0v) is 10.2. The minimum absolute atomic E-state index is 0.146. The average Bonchev–Trinajstić information content (AvgIpc) is 2.39. The van der Waals surface area contributed by atoms with Crippen LogP contribution in [0.3, 0.4) is 0 Å². The molecule has 3 rings (SSSR count). The van der Waals surface area contributed by atoms with Gasteiger partial charge in [0.15, 0.2) is 0 Å². The Morgan fingerprint density at radius 1 is 1.21 bits per heavy atom. The van der Waals surface area contributed by atoms with Crippen molar-refractivity contribution in [2.75, 3.05) is 5.43 Å². The van der Waals surface area contributed by atoms with Crippen LogP contribution in [-0.4, -0.2) is 14.7 Å². The van der Waals surface area contributed by atoms with Gasteiger partial charge in [0.1, 0.15) is 5.75 Å². The van der Waals surface area contributed by atoms with Crippen LogP contribution in [0.4, 0.5) is 5.95 Å². The SMILES string of the molecule is Cc1cc(=O)n2c(n1)NNC(c1ccc(O)cc1)=C2. The Bertz CT molecular complexity index is 716. The van der Waals surface area contributed by atoms with Crippen molar-refractivity contribution < 1.29 is 5.11 Å². The molecule has 0 atom stereocenters. The van der Waals surface area contributed by atoms with Gasteiger partial charge in [-0.2, -0.15) is 0 Å². The third kappa shape index (κ3) is 2.03. The second-order valence-electron chi connectivity index (χ2n) is 4.27. The van der Waals surface area contributed by atoms with Crippen molar-refractivity contribution in [3.8, 4) is 5.75 Å². The van der Waals surface area contributed by atoms with Crippen molar-refractivity contribution in [1.82, 2.24) is 15.0 Å². The summed E-state index contributed by atoms with van der Waals surface area (Å²) in [5.74, 6) is 0.649. The largest absolute Gasteiger partial charge is 0.508 e. The van der Waals surface area contributed by atoms with Crippen LogP contribution in [0.25, 0.3) is 11.9 Å². The molecular formula is C13H12N4O2. The topological polar surface area (TPSA) is 79.2 Å². The third-order valence-corrected chi connectivity index (χ3v) is 2.83. The number of nitrogens with zero attached hydrogens (tertiary/aromatic N) is 2. The zero-order valence-electron chi connectivity index (χ0n) is 10.2. The number of benzene rings is 1. The van der Waals surface area contributed by atoms with Crippen molar-refractivity contribution in [1.29, 1.82) is 0 Å². The number of nitrogens with one attached hydrogen (secondary N) is 2. The minimum atomic E-state index is -0.146. The molecule has 0 radical (unpaired) electrons. The summed E-state index contributed by atoms with van der Waals surface area (Å²) in [6.45, 7) is 1.77. The molecule has 3 N–H and O–H groups in total. The number of aryl methyl sites for hydroxylation is 1. The van der Waals surface area contributed by atoms with Gasteiger partial charge >= 0.3 is 0 Å². The lowest BCUT2D eigenvalue weighted by Crippen LogP contribution is -2.32. The average molecular weight is 256 g/mol. The molecule has 0 unspecified atom stereocenters. The van der Waals surface area contributed by atoms with E-state index in [9.17, 15) is 9.90 Å². The predicted octanol–water partition coefficient (Wildman–Crippen LogP) is 1.14. The van der Waals surface area contributed by atoms with Crippen LogP contribution in [0.5, 0.6) is 5.75 Å². The molecule has 96 valence electrons. The number of anilines is 1. The van der Waals surface area contributed by atoms with Crippen LogP contribution in [-0.2, 0) is 0 Å². The number of aromatic hydroxyl groups is 1. The molecule has 0 saturated heterocycles. The molecule has 19 heavy (non-hydrogen) atoms. The van der Waals surface area contributed by atoms with Crippen molar-refractivity contribution in [3.05, 3.63) is 51.9 Å². The summed E-state index contributed by atoms with van der Waals surface area (Å²) >= 11 is 0. The highest BCUT2D eigenvalue weighted by atomic mass is 16.3. The summed E-state index contributed by atoms with van der Waals surface area (Å²) in [4.78, 5) is 16.1. The van der Waals surface area contributed by atoms with E-state index in [1.54, 1.807) is 37.4 Å². The maximum atomic E-state index is 11.9. The highest BCUT2D eigenvalue weighted by Crippen LogP contribution is 2.19. The van der Waals surface area contributed by atoms with E-state index in [0.29, 0.717) is 11.6 Å². The molecule has 0 aliphatic carbocycles. The molecule has 2 aromatic rings. The molecule has 1 aliphatic heterocycles. The summed E-state index contributed by atoms with van der Waals surface area (Å²) in [5, 5.41) is 9.27. The number of hydrogen-bond acceptors (Lipinski definition) is 5. The fourth-order valence-corrected chi connectivity index (χ4v) is 1.89. The predicted molar refractivity (Wildman–Crippen MR) is 72.3 cm³/mol. The highest BCUT2D eigenvalue weighted by molar-refractivity contribution is 5.77. The summed E-state index contributed by atoms with van der Waals surface area (Å²) in [7, 11) is 0. The van der Waals surface area contributed by atoms with Gasteiger partial charge < -0.3 is 5.11 Å². The molecule has 2 heterocycles. The number of hydrogen-bond donors (Lipinski definition) is 3. The maximum Gasteiger partial charge on any atom is 0.259 e. The van der Waals surface area contributed by atoms with E-state index in [1.165, 1.54) is 10.6 Å². The molecule has 0 saturated carbocycles. The normalized spacial score (nSPS) is 13.0. The Kier molecular flexibility index (Phi) is 2.49. The Morgan fingerprint density at radius 3 is 2.68 bits per heavy atom. The number of fused-ring (bicyclic) bond motifs is 1. The van der Waals surface area contributed by atoms with Crippen LogP contribution in [0, 0.1) is 6.92 Å². The van der Waals surface area contributed by atoms with Crippen LogP contribution in [0.15, 0.2) is 35.1 Å². The van der Waals surface area contributed by atoms with Crippen LogP contribution in [0.1, 0.15) is 11.3 Å². The van der Waals surface area contributed by atoms with Gasteiger partial charge in [0, 0.05) is 23.5 Å². The lowest BCUT2D eigenvalue weighted by atomic mass is 10.1. The molecule has 1 aromatic heterocycles. The van der Waals surface area contributed by atoms with Crippen molar-refractivity contribution >= 4 is 17.8 Å². The Hall–Kier alpha value is -2.76. The Labute approximate surface area is 109 Å². The first-order valence-corrected chi connectivity index (χ1v) is 5.77. The summed E-state index contributed by atoms with van der Waals surface area (Å²) in [5.41, 5.74) is 7.94. The molecule has 1 aliphatic rings. The van der Waals surface area contributed by atoms with Crippen LogP contribution < -0.4 is 16.4 Å². The highest BCUT2D eigenvalue weighted by Gasteiger charge is 2.13.